The van der Waals surface area contributed by atoms with Gasteiger partial charge in [-0.25, -0.2) is 0 Å². The maximum absolute atomic E-state index is 5.67. The van der Waals surface area contributed by atoms with Gasteiger partial charge in [0, 0.05) is 6.61 Å². The lowest BCUT2D eigenvalue weighted by molar-refractivity contribution is -0.0529. The summed E-state index contributed by atoms with van der Waals surface area (Å²) in [6, 6.07) is 0. The van der Waals surface area contributed by atoms with Gasteiger partial charge in [-0.15, -0.1) is 0 Å². The third-order valence-electron chi connectivity index (χ3n) is 3.14. The van der Waals surface area contributed by atoms with Crippen molar-refractivity contribution in [2.24, 2.45) is 11.3 Å². The maximum Gasteiger partial charge on any atom is 0.0603 e. The van der Waals surface area contributed by atoms with Crippen molar-refractivity contribution in [3.05, 3.63) is 0 Å². The molecule has 0 bridgehead atoms. The number of ether oxygens (including phenoxy) is 1. The minimum atomic E-state index is 0.545. The van der Waals surface area contributed by atoms with E-state index in [9.17, 15) is 0 Å². The van der Waals surface area contributed by atoms with E-state index in [4.69, 9.17) is 4.74 Å². The van der Waals surface area contributed by atoms with Crippen molar-refractivity contribution in [1.82, 2.24) is 0 Å². The normalized spacial score (nSPS) is 43.8. The van der Waals surface area contributed by atoms with Crippen LogP contribution in [0.4, 0.5) is 0 Å². The molecular formula is C9H16O. The van der Waals surface area contributed by atoms with Gasteiger partial charge in [0.1, 0.15) is 0 Å². The molecule has 58 valence electrons. The highest BCUT2D eigenvalue weighted by Crippen LogP contribution is 2.56. The molecule has 1 heterocycles. The van der Waals surface area contributed by atoms with Crippen molar-refractivity contribution in [3.63, 3.8) is 0 Å². The average Bonchev–Trinajstić information content (AvgIpc) is 2.62. The van der Waals surface area contributed by atoms with Gasteiger partial charge in [-0.2, -0.15) is 0 Å². The fourth-order valence-corrected chi connectivity index (χ4v) is 2.18. The molecule has 1 spiro atoms. The van der Waals surface area contributed by atoms with E-state index in [-0.39, 0.29) is 0 Å². The van der Waals surface area contributed by atoms with Crippen molar-refractivity contribution in [2.45, 2.75) is 39.2 Å². The lowest BCUT2D eigenvalue weighted by atomic mass is 9.86. The second-order valence-corrected chi connectivity index (χ2v) is 4.15. The Morgan fingerprint density at radius 3 is 2.50 bits per heavy atom. The Balaban J connectivity index is 2.03. The Hall–Kier alpha value is -0.0400. The highest BCUT2D eigenvalue weighted by molar-refractivity contribution is 5.00. The van der Waals surface area contributed by atoms with Gasteiger partial charge >= 0.3 is 0 Å². The average molecular weight is 140 g/mol. The quantitative estimate of drug-likeness (QED) is 0.501. The minimum absolute atomic E-state index is 0.545. The van der Waals surface area contributed by atoms with Crippen LogP contribution in [0, 0.1) is 11.3 Å². The van der Waals surface area contributed by atoms with Crippen molar-refractivity contribution >= 4 is 0 Å². The summed E-state index contributed by atoms with van der Waals surface area (Å²) in [6.07, 6.45) is 4.79. The van der Waals surface area contributed by atoms with Crippen molar-refractivity contribution < 1.29 is 4.74 Å². The van der Waals surface area contributed by atoms with Gasteiger partial charge < -0.3 is 4.74 Å². The monoisotopic (exact) mass is 140 g/mol. The Morgan fingerprint density at radius 2 is 2.00 bits per heavy atom. The molecule has 0 radical (unpaired) electrons. The second kappa shape index (κ2) is 1.97. The fourth-order valence-electron chi connectivity index (χ4n) is 2.18. The van der Waals surface area contributed by atoms with Gasteiger partial charge in [0.25, 0.3) is 0 Å². The van der Waals surface area contributed by atoms with E-state index in [2.05, 4.69) is 13.8 Å². The SMILES string of the molecule is CC1OC[C@@H](C)CC12CC2. The second-order valence-electron chi connectivity index (χ2n) is 4.15. The third kappa shape index (κ3) is 0.878. The molecule has 2 atom stereocenters. The summed E-state index contributed by atoms with van der Waals surface area (Å²) in [5, 5.41) is 0. The lowest BCUT2D eigenvalue weighted by Crippen LogP contribution is -2.32. The van der Waals surface area contributed by atoms with Gasteiger partial charge in [0.05, 0.1) is 6.10 Å². The van der Waals surface area contributed by atoms with Crippen LogP contribution in [0.5, 0.6) is 0 Å². The van der Waals surface area contributed by atoms with E-state index in [0.717, 1.165) is 12.5 Å². The van der Waals surface area contributed by atoms with E-state index in [1.54, 1.807) is 0 Å². The van der Waals surface area contributed by atoms with Crippen molar-refractivity contribution in [2.75, 3.05) is 6.61 Å². The Bertz CT molecular complexity index is 138. The summed E-state index contributed by atoms with van der Waals surface area (Å²) in [5.41, 5.74) is 0.637. The molecule has 1 saturated heterocycles. The van der Waals surface area contributed by atoms with Crippen molar-refractivity contribution in [1.29, 1.82) is 0 Å². The van der Waals surface area contributed by atoms with Crippen LogP contribution in [-0.2, 0) is 4.74 Å². The topological polar surface area (TPSA) is 9.23 Å². The summed E-state index contributed by atoms with van der Waals surface area (Å²) < 4.78 is 5.67. The number of hydrogen-bond acceptors (Lipinski definition) is 1. The molecular weight excluding hydrogens is 124 g/mol. The molecule has 10 heavy (non-hydrogen) atoms. The molecule has 1 heteroatoms. The zero-order chi connectivity index (χ0) is 7.19. The minimum Gasteiger partial charge on any atom is -0.378 e. The highest BCUT2D eigenvalue weighted by Gasteiger charge is 2.50. The molecule has 2 aliphatic rings. The molecule has 1 aliphatic heterocycles. The standard InChI is InChI=1S/C9H16O/c1-7-5-9(3-4-9)8(2)10-6-7/h7-8H,3-6H2,1-2H3/t7-,8?/m0/s1. The predicted molar refractivity (Wildman–Crippen MR) is 40.9 cm³/mol. The fraction of sp³-hybridized carbons (Fsp3) is 1.00. The van der Waals surface area contributed by atoms with E-state index < -0.39 is 0 Å². The smallest absolute Gasteiger partial charge is 0.0603 e. The van der Waals surface area contributed by atoms with Crippen LogP contribution in [0.25, 0.3) is 0 Å². The van der Waals surface area contributed by atoms with Crippen LogP contribution in [0.3, 0.4) is 0 Å². The maximum atomic E-state index is 5.67. The lowest BCUT2D eigenvalue weighted by Gasteiger charge is -2.33. The van der Waals surface area contributed by atoms with Crippen LogP contribution in [0.15, 0.2) is 0 Å². The van der Waals surface area contributed by atoms with Gasteiger partial charge in [-0.05, 0) is 37.5 Å². The summed E-state index contributed by atoms with van der Waals surface area (Å²) >= 11 is 0. The van der Waals surface area contributed by atoms with Gasteiger partial charge in [0.2, 0.25) is 0 Å². The van der Waals surface area contributed by atoms with Crippen LogP contribution >= 0.6 is 0 Å². The molecule has 0 aromatic heterocycles. The van der Waals surface area contributed by atoms with Gasteiger partial charge in [-0.1, -0.05) is 6.92 Å². The molecule has 1 nitrogen and oxygen atoms in total. The molecule has 0 aromatic rings. The first-order valence-electron chi connectivity index (χ1n) is 4.34. The van der Waals surface area contributed by atoms with Crippen LogP contribution in [0.2, 0.25) is 0 Å². The number of hydrogen-bond donors (Lipinski definition) is 0. The zero-order valence-corrected chi connectivity index (χ0v) is 6.89. The largest absolute Gasteiger partial charge is 0.378 e. The van der Waals surface area contributed by atoms with E-state index >= 15 is 0 Å². The first-order valence-corrected chi connectivity index (χ1v) is 4.34. The van der Waals surface area contributed by atoms with Gasteiger partial charge in [0.15, 0.2) is 0 Å². The summed E-state index contributed by atoms with van der Waals surface area (Å²) in [5.74, 6) is 0.804. The molecule has 1 aliphatic carbocycles. The first kappa shape index (κ1) is 6.66. The molecule has 0 N–H and O–H groups in total. The van der Waals surface area contributed by atoms with Crippen molar-refractivity contribution in [3.8, 4) is 0 Å². The van der Waals surface area contributed by atoms with E-state index in [1.807, 2.05) is 0 Å². The predicted octanol–water partition coefficient (Wildman–Crippen LogP) is 2.21. The molecule has 0 aromatic carbocycles. The van der Waals surface area contributed by atoms with Gasteiger partial charge in [-0.3, -0.25) is 0 Å². The van der Waals surface area contributed by atoms with E-state index in [1.165, 1.54) is 19.3 Å². The van der Waals surface area contributed by atoms with Crippen LogP contribution in [0.1, 0.15) is 33.1 Å². The summed E-state index contributed by atoms with van der Waals surface area (Å²) in [7, 11) is 0. The summed E-state index contributed by atoms with van der Waals surface area (Å²) in [6.45, 7) is 5.52. The number of rotatable bonds is 0. The summed E-state index contributed by atoms with van der Waals surface area (Å²) in [4.78, 5) is 0. The Labute approximate surface area is 62.8 Å². The molecule has 1 unspecified atom stereocenters. The molecule has 2 fully saturated rings. The molecule has 0 amide bonds. The first-order chi connectivity index (χ1) is 4.73. The highest BCUT2D eigenvalue weighted by atomic mass is 16.5. The Morgan fingerprint density at radius 1 is 1.30 bits per heavy atom. The van der Waals surface area contributed by atoms with Crippen LogP contribution < -0.4 is 0 Å². The molecule has 2 rings (SSSR count). The third-order valence-corrected chi connectivity index (χ3v) is 3.14. The Kier molecular flexibility index (Phi) is 1.31. The zero-order valence-electron chi connectivity index (χ0n) is 6.89. The molecule has 1 saturated carbocycles. The van der Waals surface area contributed by atoms with E-state index in [0.29, 0.717) is 11.5 Å². The van der Waals surface area contributed by atoms with Crippen LogP contribution in [-0.4, -0.2) is 12.7 Å².